The van der Waals surface area contributed by atoms with Gasteiger partial charge in [-0.25, -0.2) is 0 Å². The molecule has 0 aliphatic heterocycles. The Labute approximate surface area is 69.1 Å². The van der Waals surface area contributed by atoms with Crippen molar-refractivity contribution in [3.63, 3.8) is 0 Å². The Morgan fingerprint density at radius 3 is 2.73 bits per heavy atom. The molecule has 0 aliphatic rings. The molecule has 0 spiro atoms. The summed E-state index contributed by atoms with van der Waals surface area (Å²) in [5.41, 5.74) is 1.16. The van der Waals surface area contributed by atoms with Crippen LogP contribution in [0.5, 0.6) is 0 Å². The predicted molar refractivity (Wildman–Crippen MR) is 49.6 cm³/mol. The lowest BCUT2D eigenvalue weighted by atomic mass is 10.2. The molecule has 0 fully saturated rings. The first-order valence-corrected chi connectivity index (χ1v) is 3.82. The quantitative estimate of drug-likeness (QED) is 0.550. The Kier molecular flexibility index (Phi) is 6.75. The molecule has 0 bridgehead atoms. The summed E-state index contributed by atoms with van der Waals surface area (Å²) >= 11 is 0. The topological polar surface area (TPSA) is 9.23 Å². The lowest BCUT2D eigenvalue weighted by Gasteiger charge is -1.97. The van der Waals surface area contributed by atoms with Gasteiger partial charge in [-0.1, -0.05) is 37.8 Å². The maximum Gasteiger partial charge on any atom is 0.0712 e. The van der Waals surface area contributed by atoms with Crippen LogP contribution in [0.1, 0.15) is 13.3 Å². The van der Waals surface area contributed by atoms with Gasteiger partial charge in [-0.3, -0.25) is 0 Å². The van der Waals surface area contributed by atoms with E-state index >= 15 is 0 Å². The van der Waals surface area contributed by atoms with Gasteiger partial charge in [0.2, 0.25) is 0 Å². The van der Waals surface area contributed by atoms with Gasteiger partial charge in [-0.2, -0.15) is 0 Å². The van der Waals surface area contributed by atoms with Crippen molar-refractivity contribution in [3.8, 4) is 0 Å². The standard InChI is InChI=1S/C10H16O/c1-4-6-8-10(7-5-2)9-11-3/h5-8H,2,4,9H2,1,3H3/b8-6-,10-7+. The minimum atomic E-state index is 0.655. The van der Waals surface area contributed by atoms with Crippen molar-refractivity contribution >= 4 is 0 Å². The fourth-order valence-electron chi connectivity index (χ4n) is 0.739. The molecular formula is C10H16O. The summed E-state index contributed by atoms with van der Waals surface area (Å²) in [5, 5.41) is 0. The Balaban J connectivity index is 3.98. The molecule has 0 atom stereocenters. The summed E-state index contributed by atoms with van der Waals surface area (Å²) in [7, 11) is 1.69. The summed E-state index contributed by atoms with van der Waals surface area (Å²) < 4.78 is 4.99. The average Bonchev–Trinajstić information content (AvgIpc) is 2.01. The summed E-state index contributed by atoms with van der Waals surface area (Å²) in [6, 6.07) is 0. The molecule has 0 amide bonds. The van der Waals surface area contributed by atoms with Crippen molar-refractivity contribution in [3.05, 3.63) is 36.5 Å². The first kappa shape index (κ1) is 10.2. The van der Waals surface area contributed by atoms with Crippen molar-refractivity contribution in [1.29, 1.82) is 0 Å². The third-order valence-corrected chi connectivity index (χ3v) is 1.21. The van der Waals surface area contributed by atoms with Gasteiger partial charge in [0.05, 0.1) is 6.61 Å². The molecule has 0 heterocycles. The number of hydrogen-bond acceptors (Lipinski definition) is 1. The number of ether oxygens (including phenoxy) is 1. The highest BCUT2D eigenvalue weighted by atomic mass is 16.5. The molecule has 0 rings (SSSR count). The van der Waals surface area contributed by atoms with E-state index in [1.54, 1.807) is 13.2 Å². The molecule has 0 N–H and O–H groups in total. The van der Waals surface area contributed by atoms with Gasteiger partial charge in [0.25, 0.3) is 0 Å². The van der Waals surface area contributed by atoms with Gasteiger partial charge >= 0.3 is 0 Å². The van der Waals surface area contributed by atoms with E-state index in [0.717, 1.165) is 12.0 Å². The zero-order valence-corrected chi connectivity index (χ0v) is 7.34. The van der Waals surface area contributed by atoms with Crippen LogP contribution >= 0.6 is 0 Å². The lowest BCUT2D eigenvalue weighted by Crippen LogP contribution is -1.90. The fraction of sp³-hybridized carbons (Fsp3) is 0.400. The molecule has 1 nitrogen and oxygen atoms in total. The largest absolute Gasteiger partial charge is 0.380 e. The third-order valence-electron chi connectivity index (χ3n) is 1.21. The van der Waals surface area contributed by atoms with Crippen molar-refractivity contribution < 1.29 is 4.74 Å². The highest BCUT2D eigenvalue weighted by molar-refractivity contribution is 5.23. The van der Waals surface area contributed by atoms with Gasteiger partial charge in [0.1, 0.15) is 0 Å². The molecule has 0 saturated heterocycles. The van der Waals surface area contributed by atoms with Crippen LogP contribution in [0.4, 0.5) is 0 Å². The minimum absolute atomic E-state index is 0.655. The van der Waals surface area contributed by atoms with Crippen LogP contribution in [0.25, 0.3) is 0 Å². The van der Waals surface area contributed by atoms with Crippen LogP contribution in [-0.4, -0.2) is 13.7 Å². The van der Waals surface area contributed by atoms with Crippen molar-refractivity contribution in [2.24, 2.45) is 0 Å². The Morgan fingerprint density at radius 1 is 1.55 bits per heavy atom. The zero-order chi connectivity index (χ0) is 8.53. The van der Waals surface area contributed by atoms with E-state index in [-0.39, 0.29) is 0 Å². The van der Waals surface area contributed by atoms with Gasteiger partial charge in [0.15, 0.2) is 0 Å². The normalized spacial score (nSPS) is 12.4. The van der Waals surface area contributed by atoms with Crippen LogP contribution in [0, 0.1) is 0 Å². The van der Waals surface area contributed by atoms with Crippen molar-refractivity contribution in [2.45, 2.75) is 13.3 Å². The first-order valence-electron chi connectivity index (χ1n) is 3.82. The molecule has 0 aromatic heterocycles. The van der Waals surface area contributed by atoms with Crippen LogP contribution in [-0.2, 0) is 4.74 Å². The van der Waals surface area contributed by atoms with Crippen LogP contribution in [0.15, 0.2) is 36.5 Å². The Bertz CT molecular complexity index is 154. The monoisotopic (exact) mass is 152 g/mol. The fourth-order valence-corrected chi connectivity index (χ4v) is 0.739. The van der Waals surface area contributed by atoms with Crippen LogP contribution < -0.4 is 0 Å². The molecule has 0 aromatic carbocycles. The highest BCUT2D eigenvalue weighted by Gasteiger charge is 1.86. The molecule has 0 radical (unpaired) electrons. The maximum absolute atomic E-state index is 4.99. The van der Waals surface area contributed by atoms with E-state index in [4.69, 9.17) is 4.74 Å². The smallest absolute Gasteiger partial charge is 0.0712 e. The Hall–Kier alpha value is -0.820. The van der Waals surface area contributed by atoms with E-state index in [9.17, 15) is 0 Å². The Morgan fingerprint density at radius 2 is 2.27 bits per heavy atom. The van der Waals surface area contributed by atoms with E-state index in [0.29, 0.717) is 6.61 Å². The number of methoxy groups -OCH3 is 1. The highest BCUT2D eigenvalue weighted by Crippen LogP contribution is 1.98. The summed E-state index contributed by atoms with van der Waals surface area (Å²) in [4.78, 5) is 0. The van der Waals surface area contributed by atoms with Gasteiger partial charge in [-0.15, -0.1) is 0 Å². The summed E-state index contributed by atoms with van der Waals surface area (Å²) in [6.07, 6.45) is 8.95. The molecule has 0 unspecified atom stereocenters. The molecule has 0 aliphatic carbocycles. The van der Waals surface area contributed by atoms with Gasteiger partial charge in [0, 0.05) is 7.11 Å². The number of allylic oxidation sites excluding steroid dienone is 3. The molecule has 1 heteroatoms. The predicted octanol–water partition coefficient (Wildman–Crippen LogP) is 2.71. The van der Waals surface area contributed by atoms with Gasteiger partial charge < -0.3 is 4.74 Å². The van der Waals surface area contributed by atoms with Crippen LogP contribution in [0.3, 0.4) is 0 Å². The van der Waals surface area contributed by atoms with E-state index < -0.39 is 0 Å². The van der Waals surface area contributed by atoms with Crippen molar-refractivity contribution in [2.75, 3.05) is 13.7 Å². The van der Waals surface area contributed by atoms with E-state index in [1.165, 1.54) is 0 Å². The number of hydrogen-bond donors (Lipinski definition) is 0. The molecule has 0 saturated carbocycles. The molecule has 62 valence electrons. The number of rotatable bonds is 5. The first-order chi connectivity index (χ1) is 5.35. The van der Waals surface area contributed by atoms with Gasteiger partial charge in [-0.05, 0) is 12.0 Å². The van der Waals surface area contributed by atoms with E-state index in [2.05, 4.69) is 25.7 Å². The SMILES string of the molecule is C=C/C=C(\C=C/CC)COC. The molecule has 0 aromatic rings. The maximum atomic E-state index is 4.99. The summed E-state index contributed by atoms with van der Waals surface area (Å²) in [5.74, 6) is 0. The van der Waals surface area contributed by atoms with E-state index in [1.807, 2.05) is 6.08 Å². The molecular weight excluding hydrogens is 136 g/mol. The lowest BCUT2D eigenvalue weighted by molar-refractivity contribution is 0.228. The van der Waals surface area contributed by atoms with Crippen molar-refractivity contribution in [1.82, 2.24) is 0 Å². The average molecular weight is 152 g/mol. The third kappa shape index (κ3) is 5.62. The second kappa shape index (κ2) is 7.29. The molecule has 11 heavy (non-hydrogen) atoms. The zero-order valence-electron chi connectivity index (χ0n) is 7.34. The summed E-state index contributed by atoms with van der Waals surface area (Å²) in [6.45, 7) is 6.39. The second-order valence-electron chi connectivity index (χ2n) is 2.22. The van der Waals surface area contributed by atoms with Crippen LogP contribution in [0.2, 0.25) is 0 Å². The second-order valence-corrected chi connectivity index (χ2v) is 2.22. The minimum Gasteiger partial charge on any atom is -0.380 e.